The maximum Gasteiger partial charge on any atom is 0.312 e. The quantitative estimate of drug-likeness (QED) is 0.905. The summed E-state index contributed by atoms with van der Waals surface area (Å²) in [5.74, 6) is -1.11. The van der Waals surface area contributed by atoms with Crippen molar-refractivity contribution in [2.45, 2.75) is 38.5 Å². The minimum Gasteiger partial charge on any atom is -0.481 e. The average molecular weight is 261 g/mol. The lowest BCUT2D eigenvalue weighted by Gasteiger charge is -2.25. The fourth-order valence-corrected chi connectivity index (χ4v) is 2.86. The maximum absolute atomic E-state index is 11.6. The van der Waals surface area contributed by atoms with E-state index in [1.807, 2.05) is 31.2 Å². The van der Waals surface area contributed by atoms with E-state index in [-0.39, 0.29) is 0 Å². The molecule has 1 aromatic carbocycles. The minimum absolute atomic E-state index is 0.403. The molecule has 1 unspecified atom stereocenters. The zero-order valence-corrected chi connectivity index (χ0v) is 11.6. The van der Waals surface area contributed by atoms with Crippen LogP contribution in [-0.2, 0) is 4.79 Å². The lowest BCUT2D eigenvalue weighted by atomic mass is 9.94. The van der Waals surface area contributed by atoms with E-state index in [1.165, 1.54) is 25.7 Å². The van der Waals surface area contributed by atoms with Gasteiger partial charge in [-0.1, -0.05) is 37.1 Å². The molecule has 1 aliphatic rings. The zero-order chi connectivity index (χ0) is 13.7. The van der Waals surface area contributed by atoms with Gasteiger partial charge in [0, 0.05) is 6.54 Å². The predicted octanol–water partition coefficient (Wildman–Crippen LogP) is 3.04. The van der Waals surface area contributed by atoms with Gasteiger partial charge in [0.25, 0.3) is 0 Å². The number of aryl methyl sites for hydroxylation is 1. The lowest BCUT2D eigenvalue weighted by Crippen LogP contribution is -2.33. The Bertz CT molecular complexity index is 423. The van der Waals surface area contributed by atoms with Crippen molar-refractivity contribution in [3.8, 4) is 0 Å². The Balaban J connectivity index is 2.12. The van der Waals surface area contributed by atoms with Crippen LogP contribution in [0, 0.1) is 6.92 Å². The van der Waals surface area contributed by atoms with Crippen molar-refractivity contribution < 1.29 is 9.90 Å². The molecule has 0 spiro atoms. The molecule has 1 fully saturated rings. The summed E-state index contributed by atoms with van der Waals surface area (Å²) in [5, 5.41) is 9.53. The molecule has 3 heteroatoms. The van der Waals surface area contributed by atoms with Gasteiger partial charge in [0.1, 0.15) is 0 Å². The molecule has 1 saturated heterocycles. The molecule has 19 heavy (non-hydrogen) atoms. The zero-order valence-electron chi connectivity index (χ0n) is 11.6. The first-order valence-corrected chi connectivity index (χ1v) is 7.19. The summed E-state index contributed by atoms with van der Waals surface area (Å²) < 4.78 is 0. The van der Waals surface area contributed by atoms with Gasteiger partial charge in [-0.2, -0.15) is 0 Å². The SMILES string of the molecule is Cc1ccccc1C(CN1CCCCCC1)C(=O)O. The Morgan fingerprint density at radius 3 is 2.42 bits per heavy atom. The van der Waals surface area contributed by atoms with Crippen LogP contribution in [0.3, 0.4) is 0 Å². The van der Waals surface area contributed by atoms with Gasteiger partial charge in [0.2, 0.25) is 0 Å². The number of hydrogen-bond acceptors (Lipinski definition) is 2. The van der Waals surface area contributed by atoms with Crippen LogP contribution in [0.25, 0.3) is 0 Å². The van der Waals surface area contributed by atoms with Gasteiger partial charge in [0.15, 0.2) is 0 Å². The molecular weight excluding hydrogens is 238 g/mol. The van der Waals surface area contributed by atoms with E-state index in [0.717, 1.165) is 24.2 Å². The molecule has 104 valence electrons. The van der Waals surface area contributed by atoms with Gasteiger partial charge < -0.3 is 10.0 Å². The van der Waals surface area contributed by atoms with E-state index in [4.69, 9.17) is 0 Å². The van der Waals surface area contributed by atoms with Crippen molar-refractivity contribution in [1.82, 2.24) is 4.90 Å². The van der Waals surface area contributed by atoms with E-state index in [2.05, 4.69) is 4.90 Å². The average Bonchev–Trinajstić information content (AvgIpc) is 2.65. The third kappa shape index (κ3) is 3.80. The monoisotopic (exact) mass is 261 g/mol. The summed E-state index contributed by atoms with van der Waals surface area (Å²) in [7, 11) is 0. The van der Waals surface area contributed by atoms with E-state index in [9.17, 15) is 9.90 Å². The number of carbonyl (C=O) groups is 1. The van der Waals surface area contributed by atoms with Crippen LogP contribution in [-0.4, -0.2) is 35.6 Å². The number of carboxylic acid groups (broad SMARTS) is 1. The van der Waals surface area contributed by atoms with Crippen molar-refractivity contribution >= 4 is 5.97 Å². The van der Waals surface area contributed by atoms with Crippen LogP contribution in [0.5, 0.6) is 0 Å². The van der Waals surface area contributed by atoms with Crippen LogP contribution in [0.4, 0.5) is 0 Å². The van der Waals surface area contributed by atoms with Crippen molar-refractivity contribution in [3.05, 3.63) is 35.4 Å². The molecule has 0 saturated carbocycles. The second kappa shape index (κ2) is 6.71. The van der Waals surface area contributed by atoms with E-state index in [1.54, 1.807) is 0 Å². The van der Waals surface area contributed by atoms with Gasteiger partial charge >= 0.3 is 5.97 Å². The third-order valence-corrected chi connectivity index (χ3v) is 4.00. The van der Waals surface area contributed by atoms with Gasteiger partial charge in [-0.15, -0.1) is 0 Å². The molecule has 2 rings (SSSR count). The summed E-state index contributed by atoms with van der Waals surface area (Å²) in [6.07, 6.45) is 4.94. The first kappa shape index (κ1) is 14.1. The molecule has 1 aliphatic heterocycles. The number of rotatable bonds is 4. The Hall–Kier alpha value is -1.35. The fourth-order valence-electron chi connectivity index (χ4n) is 2.86. The smallest absolute Gasteiger partial charge is 0.312 e. The molecule has 3 nitrogen and oxygen atoms in total. The standard InChI is InChI=1S/C16H23NO2/c1-13-8-4-5-9-14(13)15(16(18)19)12-17-10-6-2-3-7-11-17/h4-5,8-9,15H,2-3,6-7,10-12H2,1H3,(H,18,19). The van der Waals surface area contributed by atoms with E-state index < -0.39 is 11.9 Å². The van der Waals surface area contributed by atoms with Crippen LogP contribution in [0.2, 0.25) is 0 Å². The van der Waals surface area contributed by atoms with E-state index >= 15 is 0 Å². The molecule has 0 amide bonds. The third-order valence-electron chi connectivity index (χ3n) is 4.00. The molecule has 1 aromatic rings. The summed E-state index contributed by atoms with van der Waals surface area (Å²) in [6, 6.07) is 7.84. The van der Waals surface area contributed by atoms with Gasteiger partial charge in [0.05, 0.1) is 5.92 Å². The van der Waals surface area contributed by atoms with Gasteiger partial charge in [-0.3, -0.25) is 4.79 Å². The van der Waals surface area contributed by atoms with E-state index in [0.29, 0.717) is 6.54 Å². The Morgan fingerprint density at radius 2 is 1.84 bits per heavy atom. The van der Waals surface area contributed by atoms with Crippen LogP contribution < -0.4 is 0 Å². The van der Waals surface area contributed by atoms with Crippen LogP contribution in [0.1, 0.15) is 42.7 Å². The Morgan fingerprint density at radius 1 is 1.21 bits per heavy atom. The number of benzene rings is 1. The number of aliphatic carboxylic acids is 1. The highest BCUT2D eigenvalue weighted by Crippen LogP contribution is 2.22. The summed E-state index contributed by atoms with van der Waals surface area (Å²) >= 11 is 0. The van der Waals surface area contributed by atoms with Gasteiger partial charge in [-0.05, 0) is 44.0 Å². The maximum atomic E-state index is 11.6. The number of hydrogen-bond donors (Lipinski definition) is 1. The van der Waals surface area contributed by atoms with Crippen molar-refractivity contribution in [2.24, 2.45) is 0 Å². The predicted molar refractivity (Wildman–Crippen MR) is 76.5 cm³/mol. The van der Waals surface area contributed by atoms with Crippen LogP contribution in [0.15, 0.2) is 24.3 Å². The first-order valence-electron chi connectivity index (χ1n) is 7.19. The first-order chi connectivity index (χ1) is 9.18. The summed E-state index contributed by atoms with van der Waals surface area (Å²) in [4.78, 5) is 13.9. The molecule has 1 atom stereocenters. The normalized spacial score (nSPS) is 18.8. The molecule has 0 aliphatic carbocycles. The Labute approximate surface area is 115 Å². The largest absolute Gasteiger partial charge is 0.481 e. The highest BCUT2D eigenvalue weighted by molar-refractivity contribution is 5.77. The second-order valence-electron chi connectivity index (χ2n) is 5.46. The fraction of sp³-hybridized carbons (Fsp3) is 0.562. The molecule has 0 aromatic heterocycles. The minimum atomic E-state index is -0.710. The highest BCUT2D eigenvalue weighted by Gasteiger charge is 2.24. The number of likely N-dealkylation sites (tertiary alicyclic amines) is 1. The second-order valence-corrected chi connectivity index (χ2v) is 5.46. The van der Waals surface area contributed by atoms with Crippen molar-refractivity contribution in [1.29, 1.82) is 0 Å². The molecule has 0 radical (unpaired) electrons. The number of nitrogens with zero attached hydrogens (tertiary/aromatic N) is 1. The Kier molecular flexibility index (Phi) is 4.97. The van der Waals surface area contributed by atoms with Crippen molar-refractivity contribution in [2.75, 3.05) is 19.6 Å². The summed E-state index contributed by atoms with van der Waals surface area (Å²) in [5.41, 5.74) is 2.03. The number of carboxylic acids is 1. The highest BCUT2D eigenvalue weighted by atomic mass is 16.4. The van der Waals surface area contributed by atoms with Gasteiger partial charge in [-0.25, -0.2) is 0 Å². The molecule has 1 N–H and O–H groups in total. The van der Waals surface area contributed by atoms with Crippen LogP contribution >= 0.6 is 0 Å². The molecule has 1 heterocycles. The topological polar surface area (TPSA) is 40.5 Å². The molecular formula is C16H23NO2. The summed E-state index contributed by atoms with van der Waals surface area (Å²) in [6.45, 7) is 4.71. The van der Waals surface area contributed by atoms with Crippen molar-refractivity contribution in [3.63, 3.8) is 0 Å². The lowest BCUT2D eigenvalue weighted by molar-refractivity contribution is -0.139. The molecule has 0 bridgehead atoms.